The quantitative estimate of drug-likeness (QED) is 0.255. The number of unbranched alkanes of at least 4 members (excludes halogenated alkanes) is 2. The zero-order valence-electron chi connectivity index (χ0n) is 18.7. The van der Waals surface area contributed by atoms with Crippen molar-refractivity contribution >= 4 is 16.7 Å². The van der Waals surface area contributed by atoms with Gasteiger partial charge in [-0.15, -0.1) is 0 Å². The molecule has 35 heavy (non-hydrogen) atoms. The Balaban J connectivity index is 1.54. The number of halogens is 3. The average Bonchev–Trinajstić information content (AvgIpc) is 3.33. The number of alkyl halides is 3. The van der Waals surface area contributed by atoms with E-state index in [0.717, 1.165) is 31.4 Å². The van der Waals surface area contributed by atoms with Crippen molar-refractivity contribution in [2.45, 2.75) is 45.5 Å². The van der Waals surface area contributed by atoms with Gasteiger partial charge in [-0.2, -0.15) is 23.3 Å². The summed E-state index contributed by atoms with van der Waals surface area (Å²) in [7, 11) is 0. The maximum absolute atomic E-state index is 13.0. The smallest absolute Gasteiger partial charge is 0.416 e. The molecule has 0 atom stereocenters. The highest BCUT2D eigenvalue weighted by molar-refractivity contribution is 6.02. The molecule has 8 nitrogen and oxygen atoms in total. The van der Waals surface area contributed by atoms with E-state index in [-0.39, 0.29) is 28.5 Å². The van der Waals surface area contributed by atoms with Gasteiger partial charge in [-0.3, -0.25) is 4.79 Å². The highest BCUT2D eigenvalue weighted by Gasteiger charge is 2.31. The molecule has 2 heterocycles. The molecule has 0 radical (unpaired) electrons. The van der Waals surface area contributed by atoms with Crippen LogP contribution >= 0.6 is 0 Å². The fourth-order valence-corrected chi connectivity index (χ4v) is 3.51. The van der Waals surface area contributed by atoms with E-state index in [4.69, 9.17) is 9.26 Å². The molecular formula is C24H21F3N4O4. The Morgan fingerprint density at radius 2 is 1.86 bits per heavy atom. The van der Waals surface area contributed by atoms with Crippen LogP contribution in [0.3, 0.4) is 0 Å². The number of ether oxygens (including phenoxy) is 1. The monoisotopic (exact) mass is 486 g/mol. The Bertz CT molecular complexity index is 1410. The first-order valence-electron chi connectivity index (χ1n) is 10.9. The summed E-state index contributed by atoms with van der Waals surface area (Å²) in [5, 5.41) is 8.59. The first-order chi connectivity index (χ1) is 16.8. The molecule has 182 valence electrons. The number of nitrogens with zero attached hydrogens (tertiary/aromatic N) is 4. The highest BCUT2D eigenvalue weighted by Crippen LogP contribution is 2.31. The van der Waals surface area contributed by atoms with Crippen molar-refractivity contribution < 1.29 is 27.2 Å². The van der Waals surface area contributed by atoms with Gasteiger partial charge in [0.2, 0.25) is 5.82 Å². The van der Waals surface area contributed by atoms with Crippen molar-refractivity contribution in [2.75, 3.05) is 0 Å². The second-order valence-corrected chi connectivity index (χ2v) is 7.80. The molecule has 0 spiro atoms. The van der Waals surface area contributed by atoms with Gasteiger partial charge in [0, 0.05) is 17.5 Å². The van der Waals surface area contributed by atoms with Crippen molar-refractivity contribution in [2.24, 2.45) is 0 Å². The van der Waals surface area contributed by atoms with E-state index < -0.39 is 24.3 Å². The topological polar surface area (TPSA) is 100 Å². The van der Waals surface area contributed by atoms with Gasteiger partial charge >= 0.3 is 12.1 Å². The maximum Gasteiger partial charge on any atom is 0.416 e. The van der Waals surface area contributed by atoms with Crippen LogP contribution in [0.2, 0.25) is 0 Å². The predicted molar refractivity (Wildman–Crippen MR) is 119 cm³/mol. The number of rotatable bonds is 8. The molecule has 0 aliphatic carbocycles. The minimum atomic E-state index is -4.51. The van der Waals surface area contributed by atoms with Crippen molar-refractivity contribution in [1.29, 1.82) is 0 Å². The summed E-state index contributed by atoms with van der Waals surface area (Å²) in [6.07, 6.45) is -1.91. The lowest BCUT2D eigenvalue weighted by Crippen LogP contribution is -2.26. The summed E-state index contributed by atoms with van der Waals surface area (Å²) in [5.74, 6) is -0.981. The van der Waals surface area contributed by atoms with Crippen molar-refractivity contribution in [1.82, 2.24) is 19.9 Å². The van der Waals surface area contributed by atoms with Crippen LogP contribution in [0, 0.1) is 0 Å². The molecule has 0 aliphatic rings. The number of carbonyl (C=O) groups excluding carboxylic acids is 1. The van der Waals surface area contributed by atoms with Crippen LogP contribution in [0.1, 0.15) is 48.1 Å². The normalized spacial score (nSPS) is 11.7. The third-order valence-corrected chi connectivity index (χ3v) is 5.28. The number of esters is 1. The maximum atomic E-state index is 13.0. The Labute approximate surface area is 197 Å². The summed E-state index contributed by atoms with van der Waals surface area (Å²) in [5.41, 5.74) is -1.07. The zero-order valence-corrected chi connectivity index (χ0v) is 18.7. The van der Waals surface area contributed by atoms with Crippen LogP contribution < -0.4 is 5.56 Å². The summed E-state index contributed by atoms with van der Waals surface area (Å²) in [6, 6.07) is 11.1. The van der Waals surface area contributed by atoms with E-state index >= 15 is 0 Å². The third kappa shape index (κ3) is 5.39. The van der Waals surface area contributed by atoms with Gasteiger partial charge in [0.05, 0.1) is 10.9 Å². The Morgan fingerprint density at radius 1 is 1.09 bits per heavy atom. The van der Waals surface area contributed by atoms with Gasteiger partial charge in [-0.25, -0.2) is 9.48 Å². The summed E-state index contributed by atoms with van der Waals surface area (Å²) < 4.78 is 50.5. The molecule has 0 fully saturated rings. The summed E-state index contributed by atoms with van der Waals surface area (Å²) >= 11 is 0. The van der Waals surface area contributed by atoms with Crippen LogP contribution in [0.5, 0.6) is 0 Å². The van der Waals surface area contributed by atoms with Gasteiger partial charge in [0.1, 0.15) is 0 Å². The number of aryl methyl sites for hydroxylation is 1. The number of benzene rings is 2. The minimum absolute atomic E-state index is 0.0330. The van der Waals surface area contributed by atoms with Crippen molar-refractivity contribution in [3.05, 3.63) is 76.0 Å². The van der Waals surface area contributed by atoms with Gasteiger partial charge in [0.15, 0.2) is 12.3 Å². The number of fused-ring (bicyclic) bond motifs is 1. The SMILES string of the molecule is CCCCCn1nc(C(=O)OCc2nc(-c3cccc(C(F)(F)F)c3)no2)c2ccccc2c1=O. The molecule has 0 N–H and O–H groups in total. The van der Waals surface area contributed by atoms with Crippen LogP contribution in [0.15, 0.2) is 57.8 Å². The largest absolute Gasteiger partial charge is 0.451 e. The van der Waals surface area contributed by atoms with Gasteiger partial charge in [-0.1, -0.05) is 55.3 Å². The molecule has 4 aromatic rings. The molecule has 11 heteroatoms. The van der Waals surface area contributed by atoms with Gasteiger partial charge < -0.3 is 9.26 Å². The standard InChI is InChI=1S/C24H21F3N4O4/c1-2-3-6-12-31-22(32)18-11-5-4-10-17(18)20(29-31)23(33)34-14-19-28-21(30-35-19)15-8-7-9-16(13-15)24(25,26)27/h4-5,7-11,13H,2-3,6,12,14H2,1H3. The lowest BCUT2D eigenvalue weighted by molar-refractivity contribution is -0.137. The molecule has 0 saturated carbocycles. The molecule has 0 saturated heterocycles. The lowest BCUT2D eigenvalue weighted by atomic mass is 10.1. The van der Waals surface area contributed by atoms with Crippen molar-refractivity contribution in [3.63, 3.8) is 0 Å². The fraction of sp³-hybridized carbons (Fsp3) is 0.292. The molecule has 0 unspecified atom stereocenters. The predicted octanol–water partition coefficient (Wildman–Crippen LogP) is 5.01. The molecule has 4 rings (SSSR count). The zero-order chi connectivity index (χ0) is 25.0. The highest BCUT2D eigenvalue weighted by atomic mass is 19.4. The molecular weight excluding hydrogens is 465 g/mol. The third-order valence-electron chi connectivity index (χ3n) is 5.28. The first-order valence-corrected chi connectivity index (χ1v) is 10.9. The average molecular weight is 486 g/mol. The second kappa shape index (κ2) is 10.1. The summed E-state index contributed by atoms with van der Waals surface area (Å²) in [6.45, 7) is 1.98. The van der Waals surface area contributed by atoms with Gasteiger partial charge in [-0.05, 0) is 24.6 Å². The van der Waals surface area contributed by atoms with E-state index in [1.807, 2.05) is 6.92 Å². The molecule has 0 aliphatic heterocycles. The number of aromatic nitrogens is 4. The summed E-state index contributed by atoms with van der Waals surface area (Å²) in [4.78, 5) is 29.6. The Morgan fingerprint density at radius 3 is 2.60 bits per heavy atom. The van der Waals surface area contributed by atoms with E-state index in [1.165, 1.54) is 16.8 Å². The van der Waals surface area contributed by atoms with Crippen LogP contribution in [0.25, 0.3) is 22.2 Å². The van der Waals surface area contributed by atoms with E-state index in [1.54, 1.807) is 24.3 Å². The van der Waals surface area contributed by atoms with E-state index in [0.29, 0.717) is 17.3 Å². The van der Waals surface area contributed by atoms with Crippen LogP contribution in [-0.4, -0.2) is 25.9 Å². The van der Waals surface area contributed by atoms with Gasteiger partial charge in [0.25, 0.3) is 11.4 Å². The molecule has 0 bridgehead atoms. The van der Waals surface area contributed by atoms with Crippen molar-refractivity contribution in [3.8, 4) is 11.4 Å². The number of hydrogen-bond donors (Lipinski definition) is 0. The molecule has 2 aromatic heterocycles. The lowest BCUT2D eigenvalue weighted by Gasteiger charge is -2.10. The molecule has 0 amide bonds. The molecule has 2 aromatic carbocycles. The number of hydrogen-bond acceptors (Lipinski definition) is 7. The Kier molecular flexibility index (Phi) is 6.94. The number of carbonyl (C=O) groups is 1. The van der Waals surface area contributed by atoms with E-state index in [2.05, 4.69) is 15.2 Å². The Hall–Kier alpha value is -4.02. The van der Waals surface area contributed by atoms with Crippen LogP contribution in [0.4, 0.5) is 13.2 Å². The minimum Gasteiger partial charge on any atom is -0.451 e. The van der Waals surface area contributed by atoms with Crippen LogP contribution in [-0.2, 0) is 24.1 Å². The first kappa shape index (κ1) is 24.1. The van der Waals surface area contributed by atoms with E-state index in [9.17, 15) is 22.8 Å². The second-order valence-electron chi connectivity index (χ2n) is 7.80. The fourth-order valence-electron chi connectivity index (χ4n) is 3.51.